The molecule has 294 valence electrons. The number of pyridine rings is 2. The highest BCUT2D eigenvalue weighted by molar-refractivity contribution is 7.85. The number of phenolic OH excluding ortho intramolecular Hbond substituents is 1. The Labute approximate surface area is 335 Å². The van der Waals surface area contributed by atoms with Crippen LogP contribution in [0.25, 0.3) is 21.8 Å². The predicted molar refractivity (Wildman–Crippen MR) is 225 cm³/mol. The van der Waals surface area contributed by atoms with E-state index < -0.39 is 22.8 Å². The molecule has 2 unspecified atom stereocenters. The van der Waals surface area contributed by atoms with Crippen molar-refractivity contribution >= 4 is 61.5 Å². The standard InChI is InChI=1S/C44H40N6O7S/c1-25-19-32(22-35-40(25)47-23-36(43(45)54)41(35)48-29-6-4-7-30(21-29)57-2)58(56)31-8-3-5-27(20-31)44(55)49-28-11-9-26(10-12-28)17-18-46-24-38(52)33-13-15-37(51)42-34(33)14-16-39(53)50-42/h3-16,19-23,38,46,51-52H,17-18,24H2,1-2H3,(H2,45,54)(H,47,48)(H,49,55)(H,50,53). The van der Waals surface area contributed by atoms with Gasteiger partial charge in [-0.15, -0.1) is 0 Å². The molecule has 13 nitrogen and oxygen atoms in total. The molecule has 0 aliphatic carbocycles. The molecule has 2 amide bonds. The van der Waals surface area contributed by atoms with Crippen LogP contribution in [0, 0.1) is 6.92 Å². The third-order valence-corrected chi connectivity index (χ3v) is 11.0. The Balaban J connectivity index is 1.00. The van der Waals surface area contributed by atoms with Gasteiger partial charge in [-0.3, -0.25) is 19.4 Å². The Hall–Kier alpha value is -6.87. The van der Waals surface area contributed by atoms with Gasteiger partial charge >= 0.3 is 0 Å². The molecule has 2 heterocycles. The van der Waals surface area contributed by atoms with Gasteiger partial charge in [0.25, 0.3) is 11.8 Å². The van der Waals surface area contributed by atoms with Gasteiger partial charge in [0.1, 0.15) is 11.5 Å². The van der Waals surface area contributed by atoms with E-state index in [1.807, 2.05) is 31.2 Å². The maximum absolute atomic E-state index is 14.1. The number of primary amides is 1. The van der Waals surface area contributed by atoms with Crippen molar-refractivity contribution in [2.45, 2.75) is 29.2 Å². The summed E-state index contributed by atoms with van der Waals surface area (Å²) in [5.41, 5.74) is 10.8. The molecule has 0 fully saturated rings. The third kappa shape index (κ3) is 8.59. The van der Waals surface area contributed by atoms with E-state index in [1.165, 1.54) is 18.3 Å². The molecular formula is C44H40N6O7S. The number of aliphatic hydroxyl groups excluding tert-OH is 1. The molecule has 7 aromatic rings. The molecule has 5 aromatic carbocycles. The van der Waals surface area contributed by atoms with Crippen LogP contribution in [0.1, 0.15) is 43.5 Å². The molecule has 2 atom stereocenters. The van der Waals surface area contributed by atoms with Crippen LogP contribution in [0.4, 0.5) is 17.1 Å². The van der Waals surface area contributed by atoms with E-state index in [1.54, 1.807) is 79.9 Å². The summed E-state index contributed by atoms with van der Waals surface area (Å²) >= 11 is 0. The fraction of sp³-hybridized carbons (Fsp3) is 0.136. The maximum atomic E-state index is 14.1. The Bertz CT molecular complexity index is 2770. The van der Waals surface area contributed by atoms with Gasteiger partial charge in [-0.25, -0.2) is 4.21 Å². The van der Waals surface area contributed by atoms with Gasteiger partial charge in [-0.2, -0.15) is 0 Å². The number of H-pyrrole nitrogens is 1. The number of amides is 2. The number of aryl methyl sites for hydroxylation is 1. The molecule has 0 bridgehead atoms. The largest absolute Gasteiger partial charge is 0.506 e. The molecule has 2 aromatic heterocycles. The first-order chi connectivity index (χ1) is 28.0. The number of nitrogens with one attached hydrogen (secondary N) is 4. The molecule has 8 N–H and O–H groups in total. The number of rotatable bonds is 14. The minimum Gasteiger partial charge on any atom is -0.506 e. The molecular weight excluding hydrogens is 757 g/mol. The lowest BCUT2D eigenvalue weighted by Crippen LogP contribution is -2.24. The summed E-state index contributed by atoms with van der Waals surface area (Å²) in [6, 6.07) is 30.7. The van der Waals surface area contributed by atoms with Crippen molar-refractivity contribution in [3.8, 4) is 11.5 Å². The smallest absolute Gasteiger partial charge is 0.255 e. The highest BCUT2D eigenvalue weighted by Crippen LogP contribution is 2.34. The van der Waals surface area contributed by atoms with E-state index in [9.17, 15) is 28.8 Å². The monoisotopic (exact) mass is 796 g/mol. The normalized spacial score (nSPS) is 12.3. The van der Waals surface area contributed by atoms with Gasteiger partial charge in [0, 0.05) is 62.4 Å². The number of ether oxygens (including phenoxy) is 1. The summed E-state index contributed by atoms with van der Waals surface area (Å²) in [4.78, 5) is 45.6. The molecule has 0 aliphatic rings. The summed E-state index contributed by atoms with van der Waals surface area (Å²) in [5, 5.41) is 31.5. The zero-order chi connectivity index (χ0) is 40.9. The fourth-order valence-corrected chi connectivity index (χ4v) is 7.92. The number of benzene rings is 5. The van der Waals surface area contributed by atoms with Gasteiger partial charge in [-0.05, 0) is 103 Å². The summed E-state index contributed by atoms with van der Waals surface area (Å²) in [6.45, 7) is 2.67. The van der Waals surface area contributed by atoms with Gasteiger partial charge in [0.2, 0.25) is 5.56 Å². The Morgan fingerprint density at radius 1 is 0.914 bits per heavy atom. The van der Waals surface area contributed by atoms with Crippen LogP contribution >= 0.6 is 0 Å². The van der Waals surface area contributed by atoms with Gasteiger partial charge < -0.3 is 41.6 Å². The molecule has 14 heteroatoms. The van der Waals surface area contributed by atoms with Crippen LogP contribution in [-0.2, 0) is 17.2 Å². The number of methoxy groups -OCH3 is 1. The van der Waals surface area contributed by atoms with Crippen molar-refractivity contribution in [3.63, 3.8) is 0 Å². The third-order valence-electron chi connectivity index (χ3n) is 9.67. The second-order valence-corrected chi connectivity index (χ2v) is 15.1. The number of carbonyl (C=O) groups excluding carboxylic acids is 2. The van der Waals surface area contributed by atoms with E-state index in [2.05, 4.69) is 25.9 Å². The van der Waals surface area contributed by atoms with Crippen molar-refractivity contribution in [1.29, 1.82) is 0 Å². The number of hydrogen-bond acceptors (Lipinski definition) is 10. The molecule has 0 saturated heterocycles. The lowest BCUT2D eigenvalue weighted by Gasteiger charge is -2.16. The van der Waals surface area contributed by atoms with E-state index in [-0.39, 0.29) is 34.8 Å². The van der Waals surface area contributed by atoms with Crippen molar-refractivity contribution in [2.75, 3.05) is 30.8 Å². The Morgan fingerprint density at radius 2 is 1.71 bits per heavy atom. The predicted octanol–water partition coefficient (Wildman–Crippen LogP) is 6.23. The molecule has 0 radical (unpaired) electrons. The molecule has 0 aliphatic heterocycles. The zero-order valence-electron chi connectivity index (χ0n) is 31.5. The summed E-state index contributed by atoms with van der Waals surface area (Å²) in [6.07, 6.45) is 1.21. The van der Waals surface area contributed by atoms with E-state index in [4.69, 9.17) is 10.5 Å². The van der Waals surface area contributed by atoms with Crippen LogP contribution in [0.15, 0.2) is 130 Å². The van der Waals surface area contributed by atoms with Crippen molar-refractivity contribution in [2.24, 2.45) is 5.73 Å². The van der Waals surface area contributed by atoms with Crippen molar-refractivity contribution in [3.05, 3.63) is 154 Å². The number of fused-ring (bicyclic) bond motifs is 2. The quantitative estimate of drug-likeness (QED) is 0.0618. The minimum absolute atomic E-state index is 0.0658. The fourth-order valence-electron chi connectivity index (χ4n) is 6.70. The Kier molecular flexibility index (Phi) is 11.6. The number of aromatic amines is 1. The van der Waals surface area contributed by atoms with Crippen LogP contribution in [0.2, 0.25) is 0 Å². The first-order valence-electron chi connectivity index (χ1n) is 18.3. The average Bonchev–Trinajstić information content (AvgIpc) is 3.23. The highest BCUT2D eigenvalue weighted by Gasteiger charge is 2.19. The lowest BCUT2D eigenvalue weighted by atomic mass is 10.0. The summed E-state index contributed by atoms with van der Waals surface area (Å²) in [5.74, 6) is -0.499. The van der Waals surface area contributed by atoms with Gasteiger partial charge in [0.15, 0.2) is 0 Å². The van der Waals surface area contributed by atoms with Crippen molar-refractivity contribution in [1.82, 2.24) is 15.3 Å². The number of carbonyl (C=O) groups is 2. The SMILES string of the molecule is COc1cccc(Nc2c(C(N)=O)cnc3c(C)cc(S(=O)c4cccc(C(=O)Nc5ccc(CCNCC(O)c6ccc(O)c7[nH]c(=O)ccc67)cc5)c4)cc23)c1. The second-order valence-electron chi connectivity index (χ2n) is 13.6. The minimum atomic E-state index is -1.71. The number of nitrogens with two attached hydrogens (primary N) is 1. The van der Waals surface area contributed by atoms with Gasteiger partial charge in [0.05, 0.1) is 46.3 Å². The van der Waals surface area contributed by atoms with Crippen LogP contribution in [-0.4, -0.2) is 56.4 Å². The first kappa shape index (κ1) is 39.4. The number of aliphatic hydroxyl groups is 1. The van der Waals surface area contributed by atoms with E-state index >= 15 is 0 Å². The number of phenols is 1. The molecule has 58 heavy (non-hydrogen) atoms. The van der Waals surface area contributed by atoms with Crippen LogP contribution in [0.3, 0.4) is 0 Å². The van der Waals surface area contributed by atoms with Crippen LogP contribution in [0.5, 0.6) is 11.5 Å². The first-order valence-corrected chi connectivity index (χ1v) is 19.4. The van der Waals surface area contributed by atoms with Crippen molar-refractivity contribution < 1.29 is 28.7 Å². The molecule has 0 saturated carbocycles. The topological polar surface area (TPSA) is 209 Å². The number of aromatic hydroxyl groups is 1. The number of anilines is 3. The number of aromatic nitrogens is 2. The molecule has 7 rings (SSSR count). The van der Waals surface area contributed by atoms with Crippen LogP contribution < -0.4 is 32.0 Å². The maximum Gasteiger partial charge on any atom is 0.255 e. The summed E-state index contributed by atoms with van der Waals surface area (Å²) < 4.78 is 19.4. The summed E-state index contributed by atoms with van der Waals surface area (Å²) in [7, 11) is -0.149. The highest BCUT2D eigenvalue weighted by atomic mass is 32.2. The van der Waals surface area contributed by atoms with E-state index in [0.717, 1.165) is 11.1 Å². The van der Waals surface area contributed by atoms with Gasteiger partial charge in [-0.1, -0.05) is 30.3 Å². The number of nitrogens with zero attached hydrogens (tertiary/aromatic N) is 1. The lowest BCUT2D eigenvalue weighted by molar-refractivity contribution is 0.0998. The zero-order valence-corrected chi connectivity index (χ0v) is 32.4. The number of hydrogen-bond donors (Lipinski definition) is 7. The van der Waals surface area contributed by atoms with E-state index in [0.29, 0.717) is 73.0 Å². The second kappa shape index (κ2) is 17.1. The average molecular weight is 797 g/mol. The molecule has 0 spiro atoms. The Morgan fingerprint density at radius 3 is 2.48 bits per heavy atom.